The lowest BCUT2D eigenvalue weighted by molar-refractivity contribution is -0.117. The number of nitrogens with zero attached hydrogens (tertiary/aromatic N) is 3. The minimum absolute atomic E-state index is 0.0503. The number of carbonyl (C=O) groups excluding carboxylic acids is 1. The maximum absolute atomic E-state index is 13.0. The Morgan fingerprint density at radius 1 is 1.35 bits per heavy atom. The van der Waals surface area contributed by atoms with Crippen LogP contribution in [0.25, 0.3) is 6.08 Å². The van der Waals surface area contributed by atoms with Gasteiger partial charge in [-0.3, -0.25) is 14.7 Å². The third-order valence-corrected chi connectivity index (χ3v) is 7.46. The van der Waals surface area contributed by atoms with Crippen LogP contribution >= 0.6 is 11.3 Å². The highest BCUT2D eigenvalue weighted by molar-refractivity contribution is 7.13. The number of ether oxygens (including phenoxy) is 1. The highest BCUT2D eigenvalue weighted by Crippen LogP contribution is 2.32. The molecule has 2 aromatic heterocycles. The number of pyridine rings is 1. The number of nitrogens with one attached hydrogen (secondary N) is 1. The molecule has 184 valence electrons. The van der Waals surface area contributed by atoms with E-state index >= 15 is 0 Å². The highest BCUT2D eigenvalue weighted by atomic mass is 32.1. The molecule has 0 atom stereocenters. The molecule has 3 heterocycles. The summed E-state index contributed by atoms with van der Waals surface area (Å²) in [4.78, 5) is 24.3. The van der Waals surface area contributed by atoms with Crippen LogP contribution in [-0.4, -0.2) is 52.4 Å². The monoisotopic (exact) mass is 490 g/mol. The molecule has 4 rings (SSSR count). The molecule has 1 amide bonds. The molecule has 9 heteroatoms. The number of rotatable bonds is 9. The lowest BCUT2D eigenvalue weighted by Gasteiger charge is -2.31. The van der Waals surface area contributed by atoms with E-state index < -0.39 is 12.5 Å². The largest absolute Gasteiger partial charge is 0.464 e. The second-order valence-corrected chi connectivity index (χ2v) is 10.4. The molecule has 0 radical (unpaired) electrons. The Balaban J connectivity index is 1.15. The molecule has 1 aliphatic carbocycles. The van der Waals surface area contributed by atoms with Crippen molar-refractivity contribution in [3.8, 4) is 5.19 Å². The van der Waals surface area contributed by atoms with Crippen molar-refractivity contribution in [3.05, 3.63) is 46.7 Å². The summed E-state index contributed by atoms with van der Waals surface area (Å²) in [5, 5.41) is 3.48. The highest BCUT2D eigenvalue weighted by Gasteiger charge is 2.27. The van der Waals surface area contributed by atoms with E-state index in [-0.39, 0.29) is 11.9 Å². The van der Waals surface area contributed by atoms with Gasteiger partial charge in [0.05, 0.1) is 5.69 Å². The third kappa shape index (κ3) is 7.56. The molecule has 0 saturated heterocycles. The van der Waals surface area contributed by atoms with Gasteiger partial charge >= 0.3 is 0 Å². The predicted octanol–water partition coefficient (Wildman–Crippen LogP) is 4.71. The minimum Gasteiger partial charge on any atom is -0.464 e. The standard InChI is InChI=1S/C25H32F2N4O2S/c1-25(26,27)17-33-24-30-21-16-31(14-11-22(21)34-24)13-10-18-4-7-20(8-5-18)29-23(32)9-6-19-3-2-12-28-15-19/h2-3,6,9,12,15,18,20H,4-5,7-8,10-11,13-14,16-17H2,1H3,(H,29,32)/b9-6+. The number of fused-ring (bicyclic) bond motifs is 1. The van der Waals surface area contributed by atoms with Gasteiger partial charge in [0, 0.05) is 49.4 Å². The van der Waals surface area contributed by atoms with E-state index in [1.165, 1.54) is 11.3 Å². The van der Waals surface area contributed by atoms with Crippen LogP contribution in [0.1, 0.15) is 55.2 Å². The molecule has 0 bridgehead atoms. The molecule has 2 aromatic rings. The zero-order valence-corrected chi connectivity index (χ0v) is 20.3. The maximum atomic E-state index is 13.0. The van der Waals surface area contributed by atoms with E-state index in [4.69, 9.17) is 4.74 Å². The number of hydrogen-bond donors (Lipinski definition) is 1. The summed E-state index contributed by atoms with van der Waals surface area (Å²) in [6.07, 6.45) is 13.1. The Morgan fingerprint density at radius 2 is 2.18 bits per heavy atom. The van der Waals surface area contributed by atoms with E-state index in [9.17, 15) is 13.6 Å². The smallest absolute Gasteiger partial charge is 0.278 e. The number of alkyl halides is 2. The van der Waals surface area contributed by atoms with Crippen molar-refractivity contribution in [1.82, 2.24) is 20.2 Å². The first-order chi connectivity index (χ1) is 16.3. The average Bonchev–Trinajstić information content (AvgIpc) is 3.24. The van der Waals surface area contributed by atoms with Gasteiger partial charge in [-0.05, 0) is 68.7 Å². The van der Waals surface area contributed by atoms with E-state index in [1.807, 2.05) is 12.1 Å². The van der Waals surface area contributed by atoms with E-state index in [1.54, 1.807) is 24.5 Å². The predicted molar refractivity (Wildman–Crippen MR) is 129 cm³/mol. The molecular formula is C25H32F2N4O2S. The summed E-state index contributed by atoms with van der Waals surface area (Å²) in [7, 11) is 0. The Hall–Kier alpha value is -2.39. The van der Waals surface area contributed by atoms with Gasteiger partial charge in [0.2, 0.25) is 5.91 Å². The maximum Gasteiger partial charge on any atom is 0.278 e. The van der Waals surface area contributed by atoms with Gasteiger partial charge < -0.3 is 10.1 Å². The topological polar surface area (TPSA) is 67.3 Å². The summed E-state index contributed by atoms with van der Waals surface area (Å²) in [5.74, 6) is -2.23. The van der Waals surface area contributed by atoms with Crippen molar-refractivity contribution in [2.24, 2.45) is 5.92 Å². The quantitative estimate of drug-likeness (QED) is 0.516. The molecule has 1 saturated carbocycles. The van der Waals surface area contributed by atoms with Crippen LogP contribution in [0, 0.1) is 5.92 Å². The fourth-order valence-corrected chi connectivity index (χ4v) is 5.43. The SMILES string of the molecule is CC(F)(F)COc1nc2c(s1)CCN(CCC1CCC(NC(=O)/C=C/c3cccnc3)CC1)C2. The van der Waals surface area contributed by atoms with Crippen molar-refractivity contribution >= 4 is 23.3 Å². The molecule has 0 unspecified atom stereocenters. The van der Waals surface area contributed by atoms with Gasteiger partial charge in [0.1, 0.15) is 0 Å². The normalized spacial score (nSPS) is 21.4. The second-order valence-electron chi connectivity index (χ2n) is 9.37. The molecule has 0 spiro atoms. The molecule has 6 nitrogen and oxygen atoms in total. The zero-order chi connectivity index (χ0) is 24.0. The van der Waals surface area contributed by atoms with Crippen LogP contribution in [0.2, 0.25) is 0 Å². The van der Waals surface area contributed by atoms with Gasteiger partial charge in [-0.2, -0.15) is 0 Å². The van der Waals surface area contributed by atoms with Crippen LogP contribution in [-0.2, 0) is 17.8 Å². The number of amides is 1. The van der Waals surface area contributed by atoms with Gasteiger partial charge in [-0.15, -0.1) is 0 Å². The Labute approximate surface area is 203 Å². The average molecular weight is 491 g/mol. The van der Waals surface area contributed by atoms with Crippen LogP contribution in [0.5, 0.6) is 5.19 Å². The van der Waals surface area contributed by atoms with Crippen molar-refractivity contribution in [2.75, 3.05) is 19.7 Å². The lowest BCUT2D eigenvalue weighted by Crippen LogP contribution is -2.37. The van der Waals surface area contributed by atoms with Gasteiger partial charge in [-0.25, -0.2) is 13.8 Å². The first-order valence-electron chi connectivity index (χ1n) is 11.9. The zero-order valence-electron chi connectivity index (χ0n) is 19.5. The minimum atomic E-state index is -2.85. The fourth-order valence-electron chi connectivity index (χ4n) is 4.53. The summed E-state index contributed by atoms with van der Waals surface area (Å²) >= 11 is 1.40. The van der Waals surface area contributed by atoms with Gasteiger partial charge in [0.25, 0.3) is 11.1 Å². The van der Waals surface area contributed by atoms with E-state index in [2.05, 4.69) is 20.2 Å². The molecule has 1 aliphatic heterocycles. The Kier molecular flexibility index (Phi) is 8.26. The first-order valence-corrected chi connectivity index (χ1v) is 12.8. The van der Waals surface area contributed by atoms with Crippen molar-refractivity contribution < 1.29 is 18.3 Å². The molecule has 2 aliphatic rings. The molecule has 34 heavy (non-hydrogen) atoms. The van der Waals surface area contributed by atoms with Gasteiger partial charge in [0.15, 0.2) is 6.61 Å². The number of halogens is 2. The Bertz CT molecular complexity index is 969. The summed E-state index contributed by atoms with van der Waals surface area (Å²) in [5.41, 5.74) is 1.88. The molecule has 0 aromatic carbocycles. The fraction of sp³-hybridized carbons (Fsp3) is 0.560. The number of hydrogen-bond acceptors (Lipinski definition) is 6. The summed E-state index contributed by atoms with van der Waals surface area (Å²) in [6.45, 7) is 2.95. The Morgan fingerprint density at radius 3 is 2.91 bits per heavy atom. The molecule has 1 N–H and O–H groups in total. The van der Waals surface area contributed by atoms with Crippen LogP contribution < -0.4 is 10.1 Å². The molecular weight excluding hydrogens is 458 g/mol. The lowest BCUT2D eigenvalue weighted by atomic mass is 9.84. The van der Waals surface area contributed by atoms with Crippen molar-refractivity contribution in [1.29, 1.82) is 0 Å². The number of thiazole rings is 1. The van der Waals surface area contributed by atoms with Crippen molar-refractivity contribution in [3.63, 3.8) is 0 Å². The number of aromatic nitrogens is 2. The summed E-state index contributed by atoms with van der Waals surface area (Å²) < 4.78 is 31.3. The van der Waals surface area contributed by atoms with Crippen LogP contribution in [0.15, 0.2) is 30.6 Å². The van der Waals surface area contributed by atoms with Crippen LogP contribution in [0.4, 0.5) is 8.78 Å². The van der Waals surface area contributed by atoms with Crippen LogP contribution in [0.3, 0.4) is 0 Å². The number of carbonyl (C=O) groups is 1. The first kappa shape index (κ1) is 24.7. The third-order valence-electron chi connectivity index (χ3n) is 6.39. The van der Waals surface area contributed by atoms with E-state index in [0.29, 0.717) is 11.1 Å². The second kappa shape index (κ2) is 11.4. The van der Waals surface area contributed by atoms with Crippen molar-refractivity contribution in [2.45, 2.75) is 64.0 Å². The molecule has 1 fully saturated rings. The summed E-state index contributed by atoms with van der Waals surface area (Å²) in [6, 6.07) is 4.00. The van der Waals surface area contributed by atoms with Gasteiger partial charge in [-0.1, -0.05) is 17.4 Å². The van der Waals surface area contributed by atoms with E-state index in [0.717, 1.165) is 81.2 Å².